The molecule has 3 nitrogen and oxygen atoms in total. The van der Waals surface area contributed by atoms with Crippen molar-refractivity contribution in [2.24, 2.45) is 0 Å². The summed E-state index contributed by atoms with van der Waals surface area (Å²) < 4.78 is 4.84. The zero-order chi connectivity index (χ0) is 36.0. The molecular formula is C52H33N3. The van der Waals surface area contributed by atoms with E-state index in [0.717, 1.165) is 28.4 Å². The van der Waals surface area contributed by atoms with Gasteiger partial charge in [-0.2, -0.15) is 0 Å². The van der Waals surface area contributed by atoms with Crippen LogP contribution in [0.25, 0.3) is 88.0 Å². The number of anilines is 3. The molecule has 0 unspecified atom stereocenters. The number of nitrogens with zero attached hydrogens (tertiary/aromatic N) is 3. The third-order valence-electron chi connectivity index (χ3n) is 11.6. The number of hydrogen-bond acceptors (Lipinski definition) is 1. The molecule has 11 aromatic rings. The fourth-order valence-corrected chi connectivity index (χ4v) is 9.35. The molecule has 0 saturated heterocycles. The van der Waals surface area contributed by atoms with Crippen LogP contribution in [0, 0.1) is 0 Å². The van der Waals surface area contributed by atoms with Crippen LogP contribution in [-0.2, 0) is 0 Å². The maximum atomic E-state index is 2.45. The van der Waals surface area contributed by atoms with Crippen LogP contribution in [0.2, 0.25) is 0 Å². The summed E-state index contributed by atoms with van der Waals surface area (Å²) >= 11 is 0. The van der Waals surface area contributed by atoms with Gasteiger partial charge in [0.25, 0.3) is 0 Å². The van der Waals surface area contributed by atoms with Crippen LogP contribution in [-0.4, -0.2) is 9.13 Å². The van der Waals surface area contributed by atoms with E-state index < -0.39 is 0 Å². The highest BCUT2D eigenvalue weighted by Gasteiger charge is 2.25. The Hall–Kier alpha value is -7.36. The van der Waals surface area contributed by atoms with Crippen LogP contribution in [0.3, 0.4) is 0 Å². The number of fused-ring (bicyclic) bond motifs is 5. The van der Waals surface area contributed by atoms with Crippen LogP contribution < -0.4 is 4.90 Å². The Morgan fingerprint density at radius 1 is 0.291 bits per heavy atom. The molecule has 256 valence electrons. The summed E-state index contributed by atoms with van der Waals surface area (Å²) in [6, 6.07) is 73.1. The monoisotopic (exact) mass is 699 g/mol. The van der Waals surface area contributed by atoms with E-state index in [9.17, 15) is 0 Å². The smallest absolute Gasteiger partial charge is 0.0561 e. The Morgan fingerprint density at radius 2 is 0.764 bits per heavy atom. The maximum Gasteiger partial charge on any atom is 0.0561 e. The van der Waals surface area contributed by atoms with E-state index in [1.807, 2.05) is 0 Å². The second-order valence-electron chi connectivity index (χ2n) is 14.5. The first kappa shape index (κ1) is 30.1. The number of para-hydroxylation sites is 3. The molecule has 1 aliphatic carbocycles. The summed E-state index contributed by atoms with van der Waals surface area (Å²) in [7, 11) is 0. The van der Waals surface area contributed by atoms with Crippen molar-refractivity contribution < 1.29 is 0 Å². The Labute approximate surface area is 318 Å². The molecule has 2 aromatic heterocycles. The molecule has 0 saturated carbocycles. The van der Waals surface area contributed by atoms with Crippen molar-refractivity contribution in [3.63, 3.8) is 0 Å². The Kier molecular flexibility index (Phi) is 6.34. The quantitative estimate of drug-likeness (QED) is 0.174. The highest BCUT2D eigenvalue weighted by Crippen LogP contribution is 2.49. The summed E-state index contributed by atoms with van der Waals surface area (Å²) in [4.78, 5) is 2.37. The Bertz CT molecular complexity index is 3200. The van der Waals surface area contributed by atoms with Gasteiger partial charge in [0.05, 0.1) is 22.1 Å². The standard InChI is InChI=1S/C52H33N3/c1-3-15-35(16-4-1)53(39-31-32-41-40-19-7-8-24-46(40)54(49(41)33-39)36-17-5-2-6-18-36)37-27-29-38(30-28-37)55-47-25-11-22-44-42-20-9-13-34-14-10-21-43(50(34)42)45-23-12-26-48(55)52(45)51(44)47/h1-33H. The first-order valence-electron chi connectivity index (χ1n) is 18.9. The highest BCUT2D eigenvalue weighted by molar-refractivity contribution is 6.27. The third-order valence-corrected chi connectivity index (χ3v) is 11.6. The van der Waals surface area contributed by atoms with Gasteiger partial charge >= 0.3 is 0 Å². The molecule has 0 amide bonds. The first-order chi connectivity index (χ1) is 27.3. The van der Waals surface area contributed by atoms with Crippen LogP contribution >= 0.6 is 0 Å². The van der Waals surface area contributed by atoms with Gasteiger partial charge in [0, 0.05) is 50.0 Å². The van der Waals surface area contributed by atoms with Crippen molar-refractivity contribution in [2.75, 3.05) is 4.90 Å². The van der Waals surface area contributed by atoms with Crippen molar-refractivity contribution in [3.05, 3.63) is 200 Å². The summed E-state index contributed by atoms with van der Waals surface area (Å²) in [5.41, 5.74) is 15.6. The summed E-state index contributed by atoms with van der Waals surface area (Å²) in [6.45, 7) is 0. The number of hydrogen-bond donors (Lipinski definition) is 0. The zero-order valence-electron chi connectivity index (χ0n) is 29.9. The third kappa shape index (κ3) is 4.32. The molecule has 12 rings (SSSR count). The average Bonchev–Trinajstić information content (AvgIpc) is 3.73. The van der Waals surface area contributed by atoms with E-state index in [2.05, 4.69) is 214 Å². The van der Waals surface area contributed by atoms with Gasteiger partial charge in [-0.1, -0.05) is 121 Å². The minimum Gasteiger partial charge on any atom is -0.310 e. The Balaban J connectivity index is 1.05. The van der Waals surface area contributed by atoms with E-state index in [-0.39, 0.29) is 0 Å². The van der Waals surface area contributed by atoms with E-state index in [1.165, 1.54) is 76.6 Å². The molecule has 0 N–H and O–H groups in total. The maximum absolute atomic E-state index is 2.45. The van der Waals surface area contributed by atoms with Crippen LogP contribution in [0.4, 0.5) is 17.1 Å². The highest BCUT2D eigenvalue weighted by atomic mass is 15.1. The molecule has 1 aliphatic rings. The van der Waals surface area contributed by atoms with Gasteiger partial charge in [0.15, 0.2) is 0 Å². The molecule has 2 heterocycles. The molecule has 0 atom stereocenters. The van der Waals surface area contributed by atoms with E-state index in [1.54, 1.807) is 0 Å². The molecule has 0 spiro atoms. The predicted octanol–water partition coefficient (Wildman–Crippen LogP) is 14.2. The summed E-state index contributed by atoms with van der Waals surface area (Å²) in [5.74, 6) is 0. The summed E-state index contributed by atoms with van der Waals surface area (Å²) in [6.07, 6.45) is 0. The number of benzene rings is 9. The van der Waals surface area contributed by atoms with Crippen molar-refractivity contribution in [2.45, 2.75) is 0 Å². The van der Waals surface area contributed by atoms with Gasteiger partial charge < -0.3 is 14.0 Å². The normalized spacial score (nSPS) is 12.0. The van der Waals surface area contributed by atoms with Gasteiger partial charge in [-0.15, -0.1) is 0 Å². The fourth-order valence-electron chi connectivity index (χ4n) is 9.35. The lowest BCUT2D eigenvalue weighted by atomic mass is 9.93. The zero-order valence-corrected chi connectivity index (χ0v) is 29.9. The van der Waals surface area contributed by atoms with Gasteiger partial charge in [0.2, 0.25) is 0 Å². The van der Waals surface area contributed by atoms with Gasteiger partial charge in [-0.25, -0.2) is 0 Å². The lowest BCUT2D eigenvalue weighted by molar-refractivity contribution is 1.17. The average molecular weight is 700 g/mol. The SMILES string of the molecule is c1ccc(N(c2ccc(-n3c4cccc5c4c4c(cccc43)-c3cccc4cccc-5c34)cc2)c2ccc3c4ccccc4n(-c4ccccc4)c3c2)cc1. The fraction of sp³-hybridized carbons (Fsp3) is 0. The molecule has 9 aromatic carbocycles. The van der Waals surface area contributed by atoms with Crippen molar-refractivity contribution in [1.82, 2.24) is 9.13 Å². The van der Waals surface area contributed by atoms with Crippen LogP contribution in [0.15, 0.2) is 200 Å². The molecule has 3 heteroatoms. The largest absolute Gasteiger partial charge is 0.310 e. The topological polar surface area (TPSA) is 13.1 Å². The lowest BCUT2D eigenvalue weighted by Crippen LogP contribution is -2.10. The van der Waals surface area contributed by atoms with E-state index >= 15 is 0 Å². The predicted molar refractivity (Wildman–Crippen MR) is 232 cm³/mol. The lowest BCUT2D eigenvalue weighted by Gasteiger charge is -2.26. The minimum absolute atomic E-state index is 1.10. The molecule has 0 bridgehead atoms. The first-order valence-corrected chi connectivity index (χ1v) is 18.9. The van der Waals surface area contributed by atoms with Crippen molar-refractivity contribution in [1.29, 1.82) is 0 Å². The Morgan fingerprint density at radius 3 is 1.44 bits per heavy atom. The minimum atomic E-state index is 1.10. The van der Waals surface area contributed by atoms with Gasteiger partial charge in [-0.3, -0.25) is 0 Å². The van der Waals surface area contributed by atoms with E-state index in [0.29, 0.717) is 0 Å². The summed E-state index contributed by atoms with van der Waals surface area (Å²) in [5, 5.41) is 7.73. The van der Waals surface area contributed by atoms with Gasteiger partial charge in [-0.05, 0) is 112 Å². The van der Waals surface area contributed by atoms with Gasteiger partial charge in [0.1, 0.15) is 0 Å². The molecule has 55 heavy (non-hydrogen) atoms. The molecule has 0 aliphatic heterocycles. The second-order valence-corrected chi connectivity index (χ2v) is 14.5. The van der Waals surface area contributed by atoms with Crippen LogP contribution in [0.1, 0.15) is 0 Å². The molecule has 0 radical (unpaired) electrons. The molecule has 0 fully saturated rings. The number of aromatic nitrogens is 2. The van der Waals surface area contributed by atoms with Crippen molar-refractivity contribution in [3.8, 4) is 33.6 Å². The van der Waals surface area contributed by atoms with Crippen molar-refractivity contribution >= 4 is 71.4 Å². The number of rotatable bonds is 5. The van der Waals surface area contributed by atoms with Crippen LogP contribution in [0.5, 0.6) is 0 Å². The van der Waals surface area contributed by atoms with E-state index in [4.69, 9.17) is 0 Å². The molecular weight excluding hydrogens is 667 g/mol. The second kappa shape index (κ2) is 11.6.